The minimum absolute atomic E-state index is 0.320. The first kappa shape index (κ1) is 12.9. The van der Waals surface area contributed by atoms with Crippen LogP contribution in [0.2, 0.25) is 5.02 Å². The summed E-state index contributed by atoms with van der Waals surface area (Å²) in [6.45, 7) is 2.82. The number of hydrogen-bond donors (Lipinski definition) is 1. The molecule has 1 N–H and O–H groups in total. The van der Waals surface area contributed by atoms with Crippen LogP contribution in [0.15, 0.2) is 42.5 Å². The van der Waals surface area contributed by atoms with E-state index in [-0.39, 0.29) is 5.82 Å². The lowest BCUT2D eigenvalue weighted by Gasteiger charge is -2.11. The summed E-state index contributed by atoms with van der Waals surface area (Å²) in [7, 11) is 0. The average molecular weight is 264 g/mol. The van der Waals surface area contributed by atoms with E-state index in [1.165, 1.54) is 23.3 Å². The molecule has 0 saturated heterocycles. The number of hydrogen-bond acceptors (Lipinski definition) is 1. The lowest BCUT2D eigenvalue weighted by Crippen LogP contribution is -2.03. The van der Waals surface area contributed by atoms with E-state index in [4.69, 9.17) is 11.6 Å². The second kappa shape index (κ2) is 5.87. The van der Waals surface area contributed by atoms with E-state index in [0.717, 1.165) is 12.1 Å². The van der Waals surface area contributed by atoms with Crippen molar-refractivity contribution < 1.29 is 4.39 Å². The molecular weight excluding hydrogens is 249 g/mol. The van der Waals surface area contributed by atoms with E-state index in [9.17, 15) is 4.39 Å². The predicted molar refractivity (Wildman–Crippen MR) is 74.6 cm³/mol. The van der Waals surface area contributed by atoms with Crippen molar-refractivity contribution in [2.75, 3.05) is 5.32 Å². The van der Waals surface area contributed by atoms with Gasteiger partial charge in [-0.15, -0.1) is 0 Å². The molecule has 2 rings (SSSR count). The van der Waals surface area contributed by atoms with E-state index < -0.39 is 0 Å². The maximum absolute atomic E-state index is 12.9. The SMILES string of the molecule is CCc1ccccc1CNc1ccc(F)cc1Cl. The van der Waals surface area contributed by atoms with Crippen LogP contribution < -0.4 is 5.32 Å². The Kier molecular flexibility index (Phi) is 4.21. The molecule has 0 saturated carbocycles. The highest BCUT2D eigenvalue weighted by atomic mass is 35.5. The molecule has 0 aliphatic heterocycles. The van der Waals surface area contributed by atoms with Gasteiger partial charge in [0.05, 0.1) is 10.7 Å². The molecule has 0 aromatic heterocycles. The molecule has 2 aromatic carbocycles. The van der Waals surface area contributed by atoms with E-state index in [0.29, 0.717) is 11.6 Å². The summed E-state index contributed by atoms with van der Waals surface area (Å²) in [6, 6.07) is 12.6. The van der Waals surface area contributed by atoms with Gasteiger partial charge >= 0.3 is 0 Å². The zero-order valence-corrected chi connectivity index (χ0v) is 11.0. The van der Waals surface area contributed by atoms with Gasteiger partial charge in [0.15, 0.2) is 0 Å². The van der Waals surface area contributed by atoms with Gasteiger partial charge in [0, 0.05) is 6.54 Å². The van der Waals surface area contributed by atoms with Gasteiger partial charge in [0.2, 0.25) is 0 Å². The highest BCUT2D eigenvalue weighted by Gasteiger charge is 2.03. The van der Waals surface area contributed by atoms with E-state index in [2.05, 4.69) is 24.4 Å². The molecule has 0 aliphatic carbocycles. The molecule has 3 heteroatoms. The number of benzene rings is 2. The predicted octanol–water partition coefficient (Wildman–Crippen LogP) is 4.65. The zero-order valence-electron chi connectivity index (χ0n) is 10.2. The number of nitrogens with one attached hydrogen (secondary N) is 1. The van der Waals surface area contributed by atoms with Gasteiger partial charge in [-0.05, 0) is 35.7 Å². The number of aryl methyl sites for hydroxylation is 1. The van der Waals surface area contributed by atoms with Crippen LogP contribution in [0, 0.1) is 5.82 Å². The van der Waals surface area contributed by atoms with Gasteiger partial charge in [-0.1, -0.05) is 42.8 Å². The molecular formula is C15H15ClFN. The van der Waals surface area contributed by atoms with E-state index >= 15 is 0 Å². The van der Waals surface area contributed by atoms with Crippen LogP contribution in [-0.4, -0.2) is 0 Å². The van der Waals surface area contributed by atoms with Gasteiger partial charge in [-0.3, -0.25) is 0 Å². The lowest BCUT2D eigenvalue weighted by molar-refractivity contribution is 0.628. The van der Waals surface area contributed by atoms with Crippen molar-refractivity contribution in [3.8, 4) is 0 Å². The average Bonchev–Trinajstić information content (AvgIpc) is 2.38. The molecule has 2 aromatic rings. The van der Waals surface area contributed by atoms with Crippen molar-refractivity contribution >= 4 is 17.3 Å². The second-order valence-corrected chi connectivity index (χ2v) is 4.51. The van der Waals surface area contributed by atoms with Gasteiger partial charge in [-0.2, -0.15) is 0 Å². The summed E-state index contributed by atoms with van der Waals surface area (Å²) in [5.41, 5.74) is 3.30. The fourth-order valence-corrected chi connectivity index (χ4v) is 2.13. The van der Waals surface area contributed by atoms with Gasteiger partial charge in [-0.25, -0.2) is 4.39 Å². The standard InChI is InChI=1S/C15H15ClFN/c1-2-11-5-3-4-6-12(11)10-18-15-8-7-13(17)9-14(15)16/h3-9,18H,2,10H2,1H3. The highest BCUT2D eigenvalue weighted by molar-refractivity contribution is 6.33. The van der Waals surface area contributed by atoms with Gasteiger partial charge in [0.25, 0.3) is 0 Å². The third kappa shape index (κ3) is 3.02. The van der Waals surface area contributed by atoms with E-state index in [1.807, 2.05) is 12.1 Å². The largest absolute Gasteiger partial charge is 0.380 e. The minimum atomic E-state index is -0.320. The topological polar surface area (TPSA) is 12.0 Å². The van der Waals surface area contributed by atoms with E-state index in [1.54, 1.807) is 6.07 Å². The quantitative estimate of drug-likeness (QED) is 0.846. The Morgan fingerprint density at radius 3 is 2.50 bits per heavy atom. The zero-order chi connectivity index (χ0) is 13.0. The first-order chi connectivity index (χ1) is 8.70. The van der Waals surface area contributed by atoms with Crippen LogP contribution in [0.25, 0.3) is 0 Å². The van der Waals surface area contributed by atoms with Crippen LogP contribution in [-0.2, 0) is 13.0 Å². The number of rotatable bonds is 4. The summed E-state index contributed by atoms with van der Waals surface area (Å²) >= 11 is 5.97. The lowest BCUT2D eigenvalue weighted by atomic mass is 10.1. The first-order valence-corrected chi connectivity index (χ1v) is 6.34. The Hall–Kier alpha value is -1.54. The molecule has 0 aliphatic rings. The molecule has 94 valence electrons. The maximum Gasteiger partial charge on any atom is 0.124 e. The molecule has 1 nitrogen and oxygen atoms in total. The molecule has 0 atom stereocenters. The van der Waals surface area contributed by atoms with Crippen molar-refractivity contribution in [2.24, 2.45) is 0 Å². The van der Waals surface area contributed by atoms with Crippen molar-refractivity contribution in [3.05, 3.63) is 64.4 Å². The van der Waals surface area contributed by atoms with Crippen LogP contribution in [0.3, 0.4) is 0 Å². The molecule has 0 unspecified atom stereocenters. The second-order valence-electron chi connectivity index (χ2n) is 4.10. The van der Waals surface area contributed by atoms with Gasteiger partial charge < -0.3 is 5.32 Å². The smallest absolute Gasteiger partial charge is 0.124 e. The molecule has 0 fully saturated rings. The maximum atomic E-state index is 12.9. The fraction of sp³-hybridized carbons (Fsp3) is 0.200. The Labute approximate surface area is 112 Å². The summed E-state index contributed by atoms with van der Waals surface area (Å²) in [5.74, 6) is -0.320. The number of halogens is 2. The third-order valence-corrected chi connectivity index (χ3v) is 3.21. The normalized spacial score (nSPS) is 10.4. The fourth-order valence-electron chi connectivity index (χ4n) is 1.90. The molecule has 0 spiro atoms. The Bertz CT molecular complexity index is 540. The Balaban J connectivity index is 2.11. The first-order valence-electron chi connectivity index (χ1n) is 5.96. The van der Waals surface area contributed by atoms with Crippen LogP contribution in [0.1, 0.15) is 18.1 Å². The monoisotopic (exact) mass is 263 g/mol. The van der Waals surface area contributed by atoms with Crippen molar-refractivity contribution in [1.29, 1.82) is 0 Å². The van der Waals surface area contributed by atoms with Crippen LogP contribution in [0.5, 0.6) is 0 Å². The summed E-state index contributed by atoms with van der Waals surface area (Å²) in [5, 5.41) is 3.64. The summed E-state index contributed by atoms with van der Waals surface area (Å²) in [6.07, 6.45) is 0.995. The molecule has 0 bridgehead atoms. The highest BCUT2D eigenvalue weighted by Crippen LogP contribution is 2.23. The van der Waals surface area contributed by atoms with Crippen molar-refractivity contribution in [1.82, 2.24) is 0 Å². The minimum Gasteiger partial charge on any atom is -0.380 e. The summed E-state index contributed by atoms with van der Waals surface area (Å²) in [4.78, 5) is 0. The van der Waals surface area contributed by atoms with Crippen molar-refractivity contribution in [3.63, 3.8) is 0 Å². The van der Waals surface area contributed by atoms with Crippen LogP contribution in [0.4, 0.5) is 10.1 Å². The molecule has 18 heavy (non-hydrogen) atoms. The Morgan fingerprint density at radius 1 is 1.11 bits per heavy atom. The third-order valence-electron chi connectivity index (χ3n) is 2.90. The summed E-state index contributed by atoms with van der Waals surface area (Å²) < 4.78 is 12.9. The number of anilines is 1. The molecule has 0 radical (unpaired) electrons. The molecule has 0 heterocycles. The van der Waals surface area contributed by atoms with Crippen molar-refractivity contribution in [2.45, 2.75) is 19.9 Å². The van der Waals surface area contributed by atoms with Crippen LogP contribution >= 0.6 is 11.6 Å². The van der Waals surface area contributed by atoms with Gasteiger partial charge in [0.1, 0.15) is 5.82 Å². The molecule has 0 amide bonds. The Morgan fingerprint density at radius 2 is 1.83 bits per heavy atom.